The van der Waals surface area contributed by atoms with E-state index >= 15 is 0 Å². The minimum atomic E-state index is -0.0777. The van der Waals surface area contributed by atoms with Gasteiger partial charge in [0.2, 0.25) is 0 Å². The third kappa shape index (κ3) is 4.75. The lowest BCUT2D eigenvalue weighted by molar-refractivity contribution is 0.274. The first-order chi connectivity index (χ1) is 15.8. The zero-order valence-electron chi connectivity index (χ0n) is 18.3. The molecule has 1 saturated heterocycles. The van der Waals surface area contributed by atoms with Crippen LogP contribution in [0, 0.1) is 11.7 Å². The van der Waals surface area contributed by atoms with Gasteiger partial charge in [-0.1, -0.05) is 24.6 Å². The molecule has 0 spiro atoms. The molecule has 1 aliphatic heterocycles. The lowest BCUT2D eigenvalue weighted by Gasteiger charge is -2.30. The highest BCUT2D eigenvalue weighted by Gasteiger charge is 2.21. The first-order valence-corrected chi connectivity index (χ1v) is 11.7. The van der Waals surface area contributed by atoms with E-state index in [4.69, 9.17) is 0 Å². The summed E-state index contributed by atoms with van der Waals surface area (Å²) in [7, 11) is 0. The van der Waals surface area contributed by atoms with Crippen LogP contribution in [0.3, 0.4) is 0 Å². The van der Waals surface area contributed by atoms with E-state index in [2.05, 4.69) is 44.9 Å². The Morgan fingerprint density at radius 2 is 1.88 bits per heavy atom. The summed E-state index contributed by atoms with van der Waals surface area (Å²) in [5.74, 6) is 0.672. The Balaban J connectivity index is 1.14. The Hall–Kier alpha value is -2.99. The maximum atomic E-state index is 13.9. The molecule has 3 heterocycles. The summed E-state index contributed by atoms with van der Waals surface area (Å²) >= 11 is 0. The number of rotatable bonds is 8. The van der Waals surface area contributed by atoms with Crippen LogP contribution in [0.2, 0.25) is 0 Å². The highest BCUT2D eigenvalue weighted by atomic mass is 19.1. The van der Waals surface area contributed by atoms with Crippen molar-refractivity contribution < 1.29 is 4.39 Å². The molecule has 2 aromatic heterocycles. The maximum Gasteiger partial charge on any atom is 0.126 e. The molecule has 1 fully saturated rings. The summed E-state index contributed by atoms with van der Waals surface area (Å²) in [5, 5.41) is 12.8. The normalized spacial score (nSPS) is 18.9. The molecular formula is C26H30FN5. The second-order valence-corrected chi connectivity index (χ2v) is 8.98. The number of aromatic amines is 1. The van der Waals surface area contributed by atoms with Crippen molar-refractivity contribution in [3.63, 3.8) is 0 Å². The van der Waals surface area contributed by atoms with Gasteiger partial charge in [-0.05, 0) is 86.4 Å². The van der Waals surface area contributed by atoms with Crippen LogP contribution in [0.5, 0.6) is 0 Å². The third-order valence-corrected chi connectivity index (χ3v) is 6.85. The molecule has 2 aromatic carbocycles. The summed E-state index contributed by atoms with van der Waals surface area (Å²) in [5.41, 5.74) is 4.47. The molecule has 6 heteroatoms. The summed E-state index contributed by atoms with van der Waals surface area (Å²) in [6.07, 6.45) is 13.4. The van der Waals surface area contributed by atoms with Gasteiger partial charge in [0.05, 0.1) is 0 Å². The van der Waals surface area contributed by atoms with E-state index < -0.39 is 0 Å². The molecule has 1 aliphatic rings. The standard InChI is InChI=1S/C26H30FN5/c27-25-7-2-1-5-20(25)8-9-22-14-19(12-13-28-22)4-3-6-21-16-29-26-11-10-23(15-24(21)26)32-17-30-31-18-32/h1-2,5,7,10-11,15-19,22,28-29H,3-4,6,8-9,12-14H2. The second kappa shape index (κ2) is 9.65. The van der Waals surface area contributed by atoms with E-state index in [-0.39, 0.29) is 5.82 Å². The van der Waals surface area contributed by atoms with E-state index in [0.29, 0.717) is 6.04 Å². The van der Waals surface area contributed by atoms with Gasteiger partial charge in [-0.3, -0.25) is 4.57 Å². The van der Waals surface area contributed by atoms with Crippen LogP contribution in [0.1, 0.15) is 43.2 Å². The zero-order valence-corrected chi connectivity index (χ0v) is 18.3. The number of hydrogen-bond acceptors (Lipinski definition) is 3. The van der Waals surface area contributed by atoms with Gasteiger partial charge in [0, 0.05) is 28.8 Å². The molecule has 0 saturated carbocycles. The van der Waals surface area contributed by atoms with Gasteiger partial charge in [0.1, 0.15) is 18.5 Å². The van der Waals surface area contributed by atoms with Gasteiger partial charge >= 0.3 is 0 Å². The maximum absolute atomic E-state index is 13.9. The third-order valence-electron chi connectivity index (χ3n) is 6.85. The fourth-order valence-corrected chi connectivity index (χ4v) is 5.06. The number of hydrogen-bond donors (Lipinski definition) is 2. The molecule has 2 atom stereocenters. The van der Waals surface area contributed by atoms with Crippen LogP contribution in [0.4, 0.5) is 4.39 Å². The molecule has 0 amide bonds. The van der Waals surface area contributed by atoms with Gasteiger partial charge in [-0.15, -0.1) is 10.2 Å². The van der Waals surface area contributed by atoms with Crippen molar-refractivity contribution in [2.75, 3.05) is 6.54 Å². The van der Waals surface area contributed by atoms with Gasteiger partial charge < -0.3 is 10.3 Å². The summed E-state index contributed by atoms with van der Waals surface area (Å²) in [4.78, 5) is 3.41. The molecule has 4 aromatic rings. The van der Waals surface area contributed by atoms with Crippen molar-refractivity contribution in [3.05, 3.63) is 78.3 Å². The number of halogens is 1. The molecule has 0 radical (unpaired) electrons. The summed E-state index contributed by atoms with van der Waals surface area (Å²) in [6.45, 7) is 1.07. The first kappa shape index (κ1) is 20.9. The monoisotopic (exact) mass is 431 g/mol. The van der Waals surface area contributed by atoms with Crippen LogP contribution < -0.4 is 5.32 Å². The number of nitrogens with zero attached hydrogens (tertiary/aromatic N) is 3. The quantitative estimate of drug-likeness (QED) is 0.403. The number of aromatic nitrogens is 4. The minimum Gasteiger partial charge on any atom is -0.361 e. The summed E-state index contributed by atoms with van der Waals surface area (Å²) in [6, 6.07) is 14.1. The van der Waals surface area contributed by atoms with Crippen LogP contribution >= 0.6 is 0 Å². The van der Waals surface area contributed by atoms with Crippen LogP contribution in [-0.4, -0.2) is 32.3 Å². The fraction of sp³-hybridized carbons (Fsp3) is 0.385. The molecule has 0 bridgehead atoms. The van der Waals surface area contributed by atoms with E-state index in [1.807, 2.05) is 16.7 Å². The van der Waals surface area contributed by atoms with Crippen molar-refractivity contribution in [1.29, 1.82) is 0 Å². The topological polar surface area (TPSA) is 58.5 Å². The average molecular weight is 432 g/mol. The number of piperidine rings is 1. The van der Waals surface area contributed by atoms with Crippen LogP contribution in [-0.2, 0) is 12.8 Å². The predicted molar refractivity (Wildman–Crippen MR) is 125 cm³/mol. The van der Waals surface area contributed by atoms with Crippen molar-refractivity contribution in [2.24, 2.45) is 5.92 Å². The van der Waals surface area contributed by atoms with E-state index in [1.165, 1.54) is 42.1 Å². The van der Waals surface area contributed by atoms with E-state index in [9.17, 15) is 4.39 Å². The average Bonchev–Trinajstić information content (AvgIpc) is 3.49. The van der Waals surface area contributed by atoms with Gasteiger partial charge in [-0.2, -0.15) is 0 Å². The number of fused-ring (bicyclic) bond motifs is 1. The van der Waals surface area contributed by atoms with Gasteiger partial charge in [0.25, 0.3) is 0 Å². The molecule has 5 rings (SSSR count). The highest BCUT2D eigenvalue weighted by molar-refractivity contribution is 5.85. The largest absolute Gasteiger partial charge is 0.361 e. The highest BCUT2D eigenvalue weighted by Crippen LogP contribution is 2.27. The number of aryl methyl sites for hydroxylation is 2. The van der Waals surface area contributed by atoms with Crippen molar-refractivity contribution in [3.8, 4) is 5.69 Å². The Bertz CT molecular complexity index is 1150. The van der Waals surface area contributed by atoms with Crippen LogP contribution in [0.15, 0.2) is 61.3 Å². The van der Waals surface area contributed by atoms with Crippen molar-refractivity contribution in [1.82, 2.24) is 25.1 Å². The molecule has 5 nitrogen and oxygen atoms in total. The predicted octanol–water partition coefficient (Wildman–Crippen LogP) is 5.21. The van der Waals surface area contributed by atoms with E-state index in [0.717, 1.165) is 43.0 Å². The Morgan fingerprint density at radius 3 is 2.75 bits per heavy atom. The molecule has 166 valence electrons. The molecule has 32 heavy (non-hydrogen) atoms. The number of H-pyrrole nitrogens is 1. The first-order valence-electron chi connectivity index (χ1n) is 11.7. The Morgan fingerprint density at radius 1 is 1.00 bits per heavy atom. The fourth-order valence-electron chi connectivity index (χ4n) is 5.06. The lowest BCUT2D eigenvalue weighted by Crippen LogP contribution is -2.38. The number of benzene rings is 2. The van der Waals surface area contributed by atoms with E-state index in [1.54, 1.807) is 24.8 Å². The lowest BCUT2D eigenvalue weighted by atomic mass is 9.85. The molecular weight excluding hydrogens is 401 g/mol. The second-order valence-electron chi connectivity index (χ2n) is 8.98. The molecule has 2 N–H and O–H groups in total. The van der Waals surface area contributed by atoms with Crippen molar-refractivity contribution >= 4 is 10.9 Å². The smallest absolute Gasteiger partial charge is 0.126 e. The van der Waals surface area contributed by atoms with Gasteiger partial charge in [0.15, 0.2) is 0 Å². The summed E-state index contributed by atoms with van der Waals surface area (Å²) < 4.78 is 15.8. The Kier molecular flexibility index (Phi) is 6.30. The Labute approximate surface area is 188 Å². The van der Waals surface area contributed by atoms with Gasteiger partial charge in [-0.25, -0.2) is 4.39 Å². The minimum absolute atomic E-state index is 0.0777. The zero-order chi connectivity index (χ0) is 21.8. The van der Waals surface area contributed by atoms with Crippen LogP contribution in [0.25, 0.3) is 16.6 Å². The molecule has 0 aliphatic carbocycles. The number of nitrogens with one attached hydrogen (secondary N) is 2. The molecule has 2 unspecified atom stereocenters. The van der Waals surface area contributed by atoms with Crippen molar-refractivity contribution in [2.45, 2.75) is 51.0 Å². The SMILES string of the molecule is Fc1ccccc1CCC1CC(CCCc2c[nH]c3ccc(-n4cnnc4)cc23)CCN1.